The number of carbonyl (C=O) groups is 1. The molecule has 1 aromatic rings. The molecule has 0 saturated carbocycles. The van der Waals surface area contributed by atoms with Gasteiger partial charge in [-0.2, -0.15) is 0 Å². The first-order chi connectivity index (χ1) is 11.9. The largest absolute Gasteiger partial charge is 0.462 e. The molecule has 0 aromatic carbocycles. The Morgan fingerprint density at radius 1 is 1.46 bits per heavy atom. The van der Waals surface area contributed by atoms with Gasteiger partial charge in [-0.25, -0.2) is 9.78 Å². The van der Waals surface area contributed by atoms with Crippen molar-refractivity contribution in [1.82, 2.24) is 15.6 Å². The first-order valence-corrected chi connectivity index (χ1v) is 9.47. The minimum Gasteiger partial charge on any atom is -0.462 e. The van der Waals surface area contributed by atoms with E-state index in [0.29, 0.717) is 23.7 Å². The second kappa shape index (κ2) is 10.4. The molecule has 0 amide bonds. The number of nitrogens with zero attached hydrogens (tertiary/aromatic N) is 2. The molecule has 0 spiro atoms. The van der Waals surface area contributed by atoms with Crippen LogP contribution in [0.3, 0.4) is 0 Å². The molecule has 148 valence electrons. The highest BCUT2D eigenvalue weighted by Gasteiger charge is 2.33. The van der Waals surface area contributed by atoms with Crippen LogP contribution in [-0.4, -0.2) is 49.8 Å². The monoisotopic (exact) mass is 496 g/mol. The van der Waals surface area contributed by atoms with Gasteiger partial charge in [0.05, 0.1) is 38.1 Å². The number of aromatic nitrogens is 1. The summed E-state index contributed by atoms with van der Waals surface area (Å²) in [7, 11) is 0. The fourth-order valence-corrected chi connectivity index (χ4v) is 3.35. The number of aryl methyl sites for hydroxylation is 1. The number of hydrogen-bond acceptors (Lipinski definition) is 6. The Hall–Kier alpha value is -0.940. The van der Waals surface area contributed by atoms with E-state index in [4.69, 9.17) is 9.47 Å². The Kier molecular flexibility index (Phi) is 9.25. The van der Waals surface area contributed by atoms with Gasteiger partial charge in [-0.1, -0.05) is 6.92 Å². The molecule has 1 saturated heterocycles. The van der Waals surface area contributed by atoms with E-state index in [1.807, 2.05) is 20.8 Å². The summed E-state index contributed by atoms with van der Waals surface area (Å²) in [6.45, 7) is 13.2. The third kappa shape index (κ3) is 6.05. The Morgan fingerprint density at radius 2 is 2.15 bits per heavy atom. The normalized spacial score (nSPS) is 16.9. The third-order valence-corrected chi connectivity index (χ3v) is 5.18. The van der Waals surface area contributed by atoms with E-state index in [1.54, 1.807) is 6.92 Å². The molecule has 2 rings (SSSR count). The summed E-state index contributed by atoms with van der Waals surface area (Å²) in [6, 6.07) is -0.0601. The average Bonchev–Trinajstić information content (AvgIpc) is 2.93. The van der Waals surface area contributed by atoms with Gasteiger partial charge in [-0.3, -0.25) is 4.99 Å². The molecule has 1 aliphatic rings. The number of carbonyl (C=O) groups excluding carboxylic acids is 1. The summed E-state index contributed by atoms with van der Waals surface area (Å²) in [5.41, 5.74) is 0.827. The fourth-order valence-electron chi connectivity index (χ4n) is 2.39. The molecule has 0 radical (unpaired) electrons. The zero-order valence-electron chi connectivity index (χ0n) is 16.0. The summed E-state index contributed by atoms with van der Waals surface area (Å²) >= 11 is 1.36. The molecule has 2 heterocycles. The predicted octanol–water partition coefficient (Wildman–Crippen LogP) is 2.90. The fraction of sp³-hybridized carbons (Fsp3) is 0.706. The molecule has 0 aliphatic carbocycles. The molecule has 0 bridgehead atoms. The van der Waals surface area contributed by atoms with Crippen molar-refractivity contribution in [2.24, 2.45) is 10.4 Å². The second-order valence-corrected chi connectivity index (χ2v) is 7.58. The van der Waals surface area contributed by atoms with Crippen molar-refractivity contribution in [1.29, 1.82) is 0 Å². The van der Waals surface area contributed by atoms with Crippen molar-refractivity contribution in [2.75, 3.05) is 32.9 Å². The molecule has 1 aliphatic heterocycles. The summed E-state index contributed by atoms with van der Waals surface area (Å²) in [6.07, 6.45) is 0. The highest BCUT2D eigenvalue weighted by Crippen LogP contribution is 2.27. The first-order valence-electron chi connectivity index (χ1n) is 8.65. The predicted molar refractivity (Wildman–Crippen MR) is 115 cm³/mol. The van der Waals surface area contributed by atoms with Gasteiger partial charge in [0, 0.05) is 12.0 Å². The van der Waals surface area contributed by atoms with Crippen molar-refractivity contribution in [3.8, 4) is 0 Å². The van der Waals surface area contributed by atoms with E-state index < -0.39 is 0 Å². The van der Waals surface area contributed by atoms with Crippen LogP contribution in [-0.2, 0) is 9.47 Å². The summed E-state index contributed by atoms with van der Waals surface area (Å²) in [4.78, 5) is 21.7. The quantitative estimate of drug-likeness (QED) is 0.262. The van der Waals surface area contributed by atoms with E-state index >= 15 is 0 Å². The minimum absolute atomic E-state index is 0. The highest BCUT2D eigenvalue weighted by atomic mass is 127. The van der Waals surface area contributed by atoms with Crippen LogP contribution in [0.2, 0.25) is 0 Å². The zero-order chi connectivity index (χ0) is 18.4. The van der Waals surface area contributed by atoms with E-state index in [-0.39, 0.29) is 41.4 Å². The topological polar surface area (TPSA) is 84.8 Å². The Balaban J connectivity index is 0.00000338. The van der Waals surface area contributed by atoms with Crippen LogP contribution < -0.4 is 10.6 Å². The molecular formula is C17H29IN4O3S. The van der Waals surface area contributed by atoms with E-state index in [9.17, 15) is 4.79 Å². The van der Waals surface area contributed by atoms with Gasteiger partial charge in [0.1, 0.15) is 9.88 Å². The summed E-state index contributed by atoms with van der Waals surface area (Å²) in [5, 5.41) is 7.45. The minimum atomic E-state index is -0.311. The number of halogens is 1. The van der Waals surface area contributed by atoms with Gasteiger partial charge in [0.25, 0.3) is 0 Å². The van der Waals surface area contributed by atoms with Crippen LogP contribution in [0, 0.1) is 12.3 Å². The van der Waals surface area contributed by atoms with Gasteiger partial charge >= 0.3 is 5.97 Å². The van der Waals surface area contributed by atoms with Crippen molar-refractivity contribution < 1.29 is 14.3 Å². The standard InChI is InChI=1S/C17H28N4O3S.HI/c1-6-18-16(19-8-17(5)9-23-10-17)21-12(4)14-20-11(3)13(25-14)15(22)24-7-2;/h12H,6-10H2,1-5H3,(H2,18,19,21);1H. The van der Waals surface area contributed by atoms with Gasteiger partial charge < -0.3 is 20.1 Å². The molecule has 26 heavy (non-hydrogen) atoms. The Morgan fingerprint density at radius 3 is 2.69 bits per heavy atom. The first kappa shape index (κ1) is 23.1. The Labute approximate surface area is 176 Å². The van der Waals surface area contributed by atoms with E-state index in [0.717, 1.165) is 30.7 Å². The lowest BCUT2D eigenvalue weighted by molar-refractivity contribution is -0.0945. The lowest BCUT2D eigenvalue weighted by Crippen LogP contribution is -2.44. The average molecular weight is 496 g/mol. The second-order valence-electron chi connectivity index (χ2n) is 6.55. The number of hydrogen-bond donors (Lipinski definition) is 2. The number of esters is 1. The number of ether oxygens (including phenoxy) is 2. The van der Waals surface area contributed by atoms with Crippen LogP contribution >= 0.6 is 35.3 Å². The lowest BCUT2D eigenvalue weighted by atomic mass is 9.89. The van der Waals surface area contributed by atoms with Crippen LogP contribution in [0.25, 0.3) is 0 Å². The maximum atomic E-state index is 12.0. The summed E-state index contributed by atoms with van der Waals surface area (Å²) in [5.74, 6) is 0.433. The van der Waals surface area contributed by atoms with Gasteiger partial charge in [0.15, 0.2) is 5.96 Å². The van der Waals surface area contributed by atoms with Crippen molar-refractivity contribution in [2.45, 2.75) is 40.7 Å². The van der Waals surface area contributed by atoms with Crippen LogP contribution in [0.5, 0.6) is 0 Å². The number of rotatable bonds is 7. The zero-order valence-corrected chi connectivity index (χ0v) is 19.2. The molecule has 1 atom stereocenters. The van der Waals surface area contributed by atoms with Crippen molar-refractivity contribution in [3.63, 3.8) is 0 Å². The summed E-state index contributed by atoms with van der Waals surface area (Å²) < 4.78 is 10.4. The van der Waals surface area contributed by atoms with E-state index in [1.165, 1.54) is 11.3 Å². The maximum absolute atomic E-state index is 12.0. The Bertz CT molecular complexity index is 632. The third-order valence-electron chi connectivity index (χ3n) is 3.86. The molecule has 7 nitrogen and oxygen atoms in total. The van der Waals surface area contributed by atoms with E-state index in [2.05, 4.69) is 27.5 Å². The molecule has 1 fully saturated rings. The van der Waals surface area contributed by atoms with Crippen LogP contribution in [0.15, 0.2) is 4.99 Å². The van der Waals surface area contributed by atoms with Crippen molar-refractivity contribution in [3.05, 3.63) is 15.6 Å². The maximum Gasteiger partial charge on any atom is 0.350 e. The number of nitrogens with one attached hydrogen (secondary N) is 2. The molecule has 2 N–H and O–H groups in total. The number of guanidine groups is 1. The highest BCUT2D eigenvalue weighted by molar-refractivity contribution is 14.0. The lowest BCUT2D eigenvalue weighted by Gasteiger charge is -2.36. The molecule has 9 heteroatoms. The van der Waals surface area contributed by atoms with Crippen molar-refractivity contribution >= 4 is 47.2 Å². The number of aliphatic imine (C=N–C) groups is 1. The molecule has 1 aromatic heterocycles. The number of thiazole rings is 1. The molecular weight excluding hydrogens is 467 g/mol. The van der Waals surface area contributed by atoms with Gasteiger partial charge in [-0.15, -0.1) is 35.3 Å². The van der Waals surface area contributed by atoms with Crippen LogP contribution in [0.1, 0.15) is 54.1 Å². The van der Waals surface area contributed by atoms with Crippen LogP contribution in [0.4, 0.5) is 0 Å². The smallest absolute Gasteiger partial charge is 0.350 e. The SMILES string of the molecule is CCNC(=NCC1(C)COC1)NC(C)c1nc(C)c(C(=O)OCC)s1.I. The van der Waals surface area contributed by atoms with Gasteiger partial charge in [0.2, 0.25) is 0 Å². The molecule has 1 unspecified atom stereocenters. The van der Waals surface area contributed by atoms with Gasteiger partial charge in [-0.05, 0) is 27.7 Å².